The summed E-state index contributed by atoms with van der Waals surface area (Å²) in [5, 5.41) is 12.3. The lowest BCUT2D eigenvalue weighted by molar-refractivity contribution is -0.138. The molecule has 1 aromatic rings. The molecule has 1 rings (SSSR count). The van der Waals surface area contributed by atoms with Crippen molar-refractivity contribution in [2.24, 2.45) is 11.8 Å². The minimum Gasteiger partial charge on any atom is -0.481 e. The van der Waals surface area contributed by atoms with Crippen molar-refractivity contribution in [2.45, 2.75) is 33.6 Å². The predicted molar refractivity (Wildman–Crippen MR) is 83.7 cm³/mol. The van der Waals surface area contributed by atoms with Gasteiger partial charge in [-0.1, -0.05) is 31.5 Å². The van der Waals surface area contributed by atoms with Gasteiger partial charge in [-0.15, -0.1) is 0 Å². The van der Waals surface area contributed by atoms with E-state index in [9.17, 15) is 9.59 Å². The van der Waals surface area contributed by atoms with Crippen LogP contribution in [0.15, 0.2) is 18.2 Å². The summed E-state index contributed by atoms with van der Waals surface area (Å²) in [7, 11) is 0. The zero-order valence-electron chi connectivity index (χ0n) is 12.6. The molecular formula is C16H22ClNO3. The molecule has 0 aromatic heterocycles. The number of hydrogen-bond donors (Lipinski definition) is 2. The summed E-state index contributed by atoms with van der Waals surface area (Å²) >= 11 is 6.00. The zero-order valence-corrected chi connectivity index (χ0v) is 13.4. The highest BCUT2D eigenvalue weighted by atomic mass is 35.5. The standard InChI is InChI=1S/C16H22ClNO3/c1-10(2)6-12(7-15(19)20)9-18-16(21)13-5-4-11(3)14(17)8-13/h4-5,8,10,12H,6-7,9H2,1-3H3,(H,18,21)(H,19,20). The number of benzene rings is 1. The summed E-state index contributed by atoms with van der Waals surface area (Å²) in [6.45, 7) is 6.30. The van der Waals surface area contributed by atoms with Crippen LogP contribution in [0.5, 0.6) is 0 Å². The van der Waals surface area contributed by atoms with Crippen molar-refractivity contribution in [3.63, 3.8) is 0 Å². The van der Waals surface area contributed by atoms with Crippen LogP contribution in [0, 0.1) is 18.8 Å². The number of carbonyl (C=O) groups excluding carboxylic acids is 1. The van der Waals surface area contributed by atoms with E-state index < -0.39 is 5.97 Å². The molecule has 1 amide bonds. The molecule has 0 saturated heterocycles. The molecule has 0 bridgehead atoms. The normalized spacial score (nSPS) is 12.2. The summed E-state index contributed by atoms with van der Waals surface area (Å²) in [6.07, 6.45) is 0.828. The molecule has 2 N–H and O–H groups in total. The van der Waals surface area contributed by atoms with Crippen molar-refractivity contribution in [1.29, 1.82) is 0 Å². The van der Waals surface area contributed by atoms with Crippen molar-refractivity contribution in [3.8, 4) is 0 Å². The van der Waals surface area contributed by atoms with Crippen LogP contribution in [0.4, 0.5) is 0 Å². The lowest BCUT2D eigenvalue weighted by atomic mass is 9.94. The van der Waals surface area contributed by atoms with Gasteiger partial charge in [-0.25, -0.2) is 0 Å². The summed E-state index contributed by atoms with van der Waals surface area (Å²) < 4.78 is 0. The van der Waals surface area contributed by atoms with E-state index in [-0.39, 0.29) is 18.2 Å². The molecule has 0 heterocycles. The molecule has 1 unspecified atom stereocenters. The number of carboxylic acid groups (broad SMARTS) is 1. The van der Waals surface area contributed by atoms with E-state index in [1.807, 2.05) is 20.8 Å². The van der Waals surface area contributed by atoms with Crippen LogP contribution in [-0.2, 0) is 4.79 Å². The van der Waals surface area contributed by atoms with E-state index >= 15 is 0 Å². The van der Waals surface area contributed by atoms with Gasteiger partial charge in [0.1, 0.15) is 0 Å². The number of halogens is 1. The Morgan fingerprint density at radius 3 is 2.52 bits per heavy atom. The third-order valence-electron chi connectivity index (χ3n) is 3.25. The molecule has 0 aliphatic carbocycles. The number of nitrogens with one attached hydrogen (secondary N) is 1. The van der Waals surface area contributed by atoms with Crippen LogP contribution in [0.2, 0.25) is 5.02 Å². The maximum atomic E-state index is 12.1. The molecule has 116 valence electrons. The lowest BCUT2D eigenvalue weighted by Gasteiger charge is -2.18. The maximum Gasteiger partial charge on any atom is 0.303 e. The average Bonchev–Trinajstić information content (AvgIpc) is 2.37. The topological polar surface area (TPSA) is 66.4 Å². The van der Waals surface area contributed by atoms with Gasteiger partial charge in [-0.3, -0.25) is 9.59 Å². The highest BCUT2D eigenvalue weighted by molar-refractivity contribution is 6.31. The molecule has 0 radical (unpaired) electrons. The quantitative estimate of drug-likeness (QED) is 0.809. The van der Waals surface area contributed by atoms with Gasteiger partial charge in [-0.2, -0.15) is 0 Å². The fourth-order valence-electron chi connectivity index (χ4n) is 2.23. The number of hydrogen-bond acceptors (Lipinski definition) is 2. The number of amides is 1. The summed E-state index contributed by atoms with van der Waals surface area (Å²) in [6, 6.07) is 5.13. The number of carboxylic acids is 1. The molecule has 0 spiro atoms. The largest absolute Gasteiger partial charge is 0.481 e. The van der Waals surface area contributed by atoms with Crippen molar-refractivity contribution in [2.75, 3.05) is 6.54 Å². The summed E-state index contributed by atoms with van der Waals surface area (Å²) in [5.41, 5.74) is 1.40. The molecular weight excluding hydrogens is 290 g/mol. The zero-order chi connectivity index (χ0) is 16.0. The number of carbonyl (C=O) groups is 2. The third kappa shape index (κ3) is 6.17. The van der Waals surface area contributed by atoms with E-state index in [2.05, 4.69) is 5.32 Å². The molecule has 0 saturated carbocycles. The van der Waals surface area contributed by atoms with Gasteiger partial charge in [-0.05, 0) is 42.9 Å². The monoisotopic (exact) mass is 311 g/mol. The molecule has 0 fully saturated rings. The first-order valence-corrected chi connectivity index (χ1v) is 7.43. The van der Waals surface area contributed by atoms with Crippen LogP contribution in [0.3, 0.4) is 0 Å². The second-order valence-electron chi connectivity index (χ2n) is 5.77. The van der Waals surface area contributed by atoms with E-state index in [0.717, 1.165) is 12.0 Å². The first-order chi connectivity index (χ1) is 9.79. The Balaban J connectivity index is 2.63. The lowest BCUT2D eigenvalue weighted by Crippen LogP contribution is -2.31. The second-order valence-corrected chi connectivity index (χ2v) is 6.17. The first kappa shape index (κ1) is 17.5. The molecule has 1 aromatic carbocycles. The Labute approximate surface area is 130 Å². The second kappa shape index (κ2) is 8.03. The average molecular weight is 312 g/mol. The van der Waals surface area contributed by atoms with Crippen LogP contribution >= 0.6 is 11.6 Å². The van der Waals surface area contributed by atoms with Gasteiger partial charge in [0, 0.05) is 23.6 Å². The maximum absolute atomic E-state index is 12.1. The molecule has 0 aliphatic heterocycles. The van der Waals surface area contributed by atoms with E-state index in [0.29, 0.717) is 23.0 Å². The van der Waals surface area contributed by atoms with Gasteiger partial charge < -0.3 is 10.4 Å². The highest BCUT2D eigenvalue weighted by Gasteiger charge is 2.16. The van der Waals surface area contributed by atoms with Crippen molar-refractivity contribution in [1.82, 2.24) is 5.32 Å². The van der Waals surface area contributed by atoms with Gasteiger partial charge in [0.05, 0.1) is 0 Å². The number of aliphatic carboxylic acids is 1. The smallest absolute Gasteiger partial charge is 0.303 e. The number of aryl methyl sites for hydroxylation is 1. The minimum atomic E-state index is -0.840. The fourth-order valence-corrected chi connectivity index (χ4v) is 2.41. The third-order valence-corrected chi connectivity index (χ3v) is 3.66. The summed E-state index contributed by atoms with van der Waals surface area (Å²) in [5.74, 6) is -0.739. The van der Waals surface area contributed by atoms with E-state index in [4.69, 9.17) is 16.7 Å². The van der Waals surface area contributed by atoms with Crippen LogP contribution in [-0.4, -0.2) is 23.5 Å². The minimum absolute atomic E-state index is 0.0626. The van der Waals surface area contributed by atoms with Gasteiger partial charge in [0.25, 0.3) is 5.91 Å². The molecule has 0 aliphatic rings. The van der Waals surface area contributed by atoms with Crippen molar-refractivity contribution >= 4 is 23.5 Å². The van der Waals surface area contributed by atoms with Crippen molar-refractivity contribution in [3.05, 3.63) is 34.3 Å². The Bertz CT molecular complexity index is 514. The molecule has 21 heavy (non-hydrogen) atoms. The van der Waals surface area contributed by atoms with Gasteiger partial charge in [0.15, 0.2) is 0 Å². The summed E-state index contributed by atoms with van der Waals surface area (Å²) in [4.78, 5) is 22.9. The van der Waals surface area contributed by atoms with Gasteiger partial charge in [0.2, 0.25) is 0 Å². The van der Waals surface area contributed by atoms with Gasteiger partial charge >= 0.3 is 5.97 Å². The fraction of sp³-hybridized carbons (Fsp3) is 0.500. The van der Waals surface area contributed by atoms with Crippen LogP contribution in [0.1, 0.15) is 42.6 Å². The van der Waals surface area contributed by atoms with Crippen LogP contribution in [0.25, 0.3) is 0 Å². The molecule has 1 atom stereocenters. The van der Waals surface area contributed by atoms with Crippen LogP contribution < -0.4 is 5.32 Å². The Morgan fingerprint density at radius 1 is 1.33 bits per heavy atom. The first-order valence-electron chi connectivity index (χ1n) is 7.05. The van der Waals surface area contributed by atoms with E-state index in [1.54, 1.807) is 18.2 Å². The van der Waals surface area contributed by atoms with E-state index in [1.165, 1.54) is 0 Å². The SMILES string of the molecule is Cc1ccc(C(=O)NCC(CC(=O)O)CC(C)C)cc1Cl. The Kier molecular flexibility index (Phi) is 6.69. The Hall–Kier alpha value is -1.55. The number of rotatable bonds is 7. The molecule has 5 heteroatoms. The van der Waals surface area contributed by atoms with Crippen molar-refractivity contribution < 1.29 is 14.7 Å². The highest BCUT2D eigenvalue weighted by Crippen LogP contribution is 2.18. The Morgan fingerprint density at radius 2 is 2.00 bits per heavy atom. The predicted octanol–water partition coefficient (Wildman–Crippen LogP) is 3.52. The molecule has 4 nitrogen and oxygen atoms in total.